The van der Waals surface area contributed by atoms with E-state index in [4.69, 9.17) is 14.2 Å². The number of hydrazine groups is 1. The Morgan fingerprint density at radius 3 is 2.13 bits per heavy atom. The first kappa shape index (κ1) is 23.3. The summed E-state index contributed by atoms with van der Waals surface area (Å²) in [7, 11) is 0. The van der Waals surface area contributed by atoms with Crippen LogP contribution in [0.4, 0.5) is 0 Å². The van der Waals surface area contributed by atoms with E-state index in [0.717, 1.165) is 6.42 Å². The molecular weight excluding hydrogens is 390 g/mol. The number of hydrogen-bond acceptors (Lipinski definition) is 6. The van der Waals surface area contributed by atoms with Crippen LogP contribution in [-0.2, 0) is 9.59 Å². The SMILES string of the molecule is CCOc1cc(C(=O)NNC(=O)[C@@H]2CCCN(C(C)=O)C2)cc(OCC)c1OCC. The Hall–Kier alpha value is -2.97. The van der Waals surface area contributed by atoms with E-state index >= 15 is 0 Å². The molecule has 0 aliphatic carbocycles. The summed E-state index contributed by atoms with van der Waals surface area (Å²) in [5.74, 6) is -0.0208. The topological polar surface area (TPSA) is 106 Å². The summed E-state index contributed by atoms with van der Waals surface area (Å²) < 4.78 is 16.9. The second-order valence-electron chi connectivity index (χ2n) is 6.85. The number of piperidine rings is 1. The molecule has 0 spiro atoms. The average Bonchev–Trinajstić information content (AvgIpc) is 2.74. The maximum absolute atomic E-state index is 12.6. The number of benzene rings is 1. The van der Waals surface area contributed by atoms with E-state index < -0.39 is 5.91 Å². The van der Waals surface area contributed by atoms with Gasteiger partial charge >= 0.3 is 0 Å². The molecule has 1 atom stereocenters. The Morgan fingerprint density at radius 1 is 1.00 bits per heavy atom. The summed E-state index contributed by atoms with van der Waals surface area (Å²) >= 11 is 0. The van der Waals surface area contributed by atoms with Crippen molar-refractivity contribution >= 4 is 17.7 Å². The minimum absolute atomic E-state index is 0.0576. The molecule has 0 radical (unpaired) electrons. The number of likely N-dealkylation sites (tertiary alicyclic amines) is 1. The van der Waals surface area contributed by atoms with E-state index in [1.807, 2.05) is 20.8 Å². The highest BCUT2D eigenvalue weighted by molar-refractivity contribution is 5.97. The molecule has 9 heteroatoms. The molecule has 1 aromatic rings. The molecule has 0 bridgehead atoms. The first-order valence-corrected chi connectivity index (χ1v) is 10.3. The monoisotopic (exact) mass is 421 g/mol. The molecule has 0 unspecified atom stereocenters. The van der Waals surface area contributed by atoms with Crippen LogP contribution in [0.3, 0.4) is 0 Å². The minimum Gasteiger partial charge on any atom is -0.490 e. The molecule has 1 aromatic carbocycles. The van der Waals surface area contributed by atoms with Gasteiger partial charge in [-0.25, -0.2) is 0 Å². The number of nitrogens with zero attached hydrogens (tertiary/aromatic N) is 1. The van der Waals surface area contributed by atoms with Gasteiger partial charge in [-0.2, -0.15) is 0 Å². The standard InChI is InChI=1S/C21H31N3O6/c1-5-28-17-11-16(12-18(29-6-2)19(17)30-7-3)21(27)23-22-20(26)15-9-8-10-24(13-15)14(4)25/h11-12,15H,5-10,13H2,1-4H3,(H,22,26)(H,23,27)/t15-/m1/s1. The van der Waals surface area contributed by atoms with Gasteiger partial charge in [0.2, 0.25) is 17.6 Å². The molecule has 166 valence electrons. The van der Waals surface area contributed by atoms with Crippen molar-refractivity contribution in [2.24, 2.45) is 5.92 Å². The Kier molecular flexibility index (Phi) is 8.76. The second-order valence-corrected chi connectivity index (χ2v) is 6.85. The molecule has 1 heterocycles. The molecule has 0 aromatic heterocycles. The Morgan fingerprint density at radius 2 is 1.60 bits per heavy atom. The number of carbonyl (C=O) groups excluding carboxylic acids is 3. The molecule has 1 fully saturated rings. The summed E-state index contributed by atoms with van der Waals surface area (Å²) in [6.07, 6.45) is 1.41. The van der Waals surface area contributed by atoms with Crippen LogP contribution < -0.4 is 25.1 Å². The third-order valence-electron chi connectivity index (χ3n) is 4.71. The van der Waals surface area contributed by atoms with Gasteiger partial charge in [0.15, 0.2) is 11.5 Å². The van der Waals surface area contributed by atoms with Crippen LogP contribution in [-0.4, -0.2) is 55.5 Å². The zero-order valence-corrected chi connectivity index (χ0v) is 18.1. The van der Waals surface area contributed by atoms with Crippen molar-refractivity contribution in [3.05, 3.63) is 17.7 Å². The fourth-order valence-electron chi connectivity index (χ4n) is 3.29. The van der Waals surface area contributed by atoms with E-state index in [1.165, 1.54) is 6.92 Å². The van der Waals surface area contributed by atoms with Gasteiger partial charge in [0.05, 0.1) is 25.7 Å². The fourth-order valence-corrected chi connectivity index (χ4v) is 3.29. The molecule has 1 saturated heterocycles. The lowest BCUT2D eigenvalue weighted by atomic mass is 9.97. The molecule has 2 N–H and O–H groups in total. The maximum Gasteiger partial charge on any atom is 0.269 e. The van der Waals surface area contributed by atoms with Gasteiger partial charge < -0.3 is 19.1 Å². The van der Waals surface area contributed by atoms with Crippen molar-refractivity contribution in [3.63, 3.8) is 0 Å². The van der Waals surface area contributed by atoms with Crippen molar-refractivity contribution in [1.82, 2.24) is 15.8 Å². The Labute approximate surface area is 177 Å². The van der Waals surface area contributed by atoms with Gasteiger partial charge in [-0.1, -0.05) is 0 Å². The first-order valence-electron chi connectivity index (χ1n) is 10.3. The third kappa shape index (κ3) is 6.01. The quantitative estimate of drug-likeness (QED) is 0.621. The molecule has 1 aliphatic rings. The van der Waals surface area contributed by atoms with Crippen molar-refractivity contribution in [3.8, 4) is 17.2 Å². The van der Waals surface area contributed by atoms with Gasteiger partial charge in [-0.3, -0.25) is 25.2 Å². The third-order valence-corrected chi connectivity index (χ3v) is 4.71. The summed E-state index contributed by atoms with van der Waals surface area (Å²) in [6.45, 7) is 9.19. The number of carbonyl (C=O) groups is 3. The maximum atomic E-state index is 12.6. The van der Waals surface area contributed by atoms with Crippen molar-refractivity contribution in [1.29, 1.82) is 0 Å². The number of amides is 3. The van der Waals surface area contributed by atoms with Gasteiger partial charge in [-0.15, -0.1) is 0 Å². The van der Waals surface area contributed by atoms with Crippen molar-refractivity contribution in [2.45, 2.75) is 40.5 Å². The highest BCUT2D eigenvalue weighted by Gasteiger charge is 2.27. The Balaban J connectivity index is 2.10. The number of hydrogen-bond donors (Lipinski definition) is 2. The Bertz CT molecular complexity index is 740. The lowest BCUT2D eigenvalue weighted by Crippen LogP contribution is -2.49. The van der Waals surface area contributed by atoms with Crippen LogP contribution in [0.25, 0.3) is 0 Å². The van der Waals surface area contributed by atoms with E-state index in [1.54, 1.807) is 17.0 Å². The predicted octanol–water partition coefficient (Wildman–Crippen LogP) is 1.90. The van der Waals surface area contributed by atoms with E-state index in [-0.39, 0.29) is 23.3 Å². The largest absolute Gasteiger partial charge is 0.490 e. The zero-order valence-electron chi connectivity index (χ0n) is 18.1. The highest BCUT2D eigenvalue weighted by atomic mass is 16.5. The zero-order chi connectivity index (χ0) is 22.1. The van der Waals surface area contributed by atoms with E-state index in [2.05, 4.69) is 10.9 Å². The molecule has 1 aliphatic heterocycles. The van der Waals surface area contributed by atoms with Crippen LogP contribution >= 0.6 is 0 Å². The van der Waals surface area contributed by atoms with Crippen molar-refractivity contribution in [2.75, 3.05) is 32.9 Å². The minimum atomic E-state index is -0.507. The molecule has 0 saturated carbocycles. The van der Waals surface area contributed by atoms with Crippen LogP contribution in [0.5, 0.6) is 17.2 Å². The van der Waals surface area contributed by atoms with Gasteiger partial charge in [0.1, 0.15) is 0 Å². The summed E-state index contributed by atoms with van der Waals surface area (Å²) in [5.41, 5.74) is 5.16. The summed E-state index contributed by atoms with van der Waals surface area (Å²) in [5, 5.41) is 0. The van der Waals surface area contributed by atoms with Crippen LogP contribution in [0.15, 0.2) is 12.1 Å². The molecule has 9 nitrogen and oxygen atoms in total. The number of rotatable bonds is 8. The first-order chi connectivity index (χ1) is 14.4. The lowest BCUT2D eigenvalue weighted by Gasteiger charge is -2.31. The predicted molar refractivity (Wildman–Crippen MR) is 111 cm³/mol. The van der Waals surface area contributed by atoms with Crippen LogP contribution in [0.2, 0.25) is 0 Å². The van der Waals surface area contributed by atoms with E-state index in [0.29, 0.717) is 56.6 Å². The van der Waals surface area contributed by atoms with Crippen LogP contribution in [0, 0.1) is 5.92 Å². The molecule has 30 heavy (non-hydrogen) atoms. The molecule has 2 rings (SSSR count). The summed E-state index contributed by atoms with van der Waals surface area (Å²) in [6, 6.07) is 3.10. The fraction of sp³-hybridized carbons (Fsp3) is 0.571. The highest BCUT2D eigenvalue weighted by Crippen LogP contribution is 2.39. The summed E-state index contributed by atoms with van der Waals surface area (Å²) in [4.78, 5) is 38.3. The lowest BCUT2D eigenvalue weighted by molar-refractivity contribution is -0.134. The van der Waals surface area contributed by atoms with Crippen LogP contribution in [0.1, 0.15) is 50.9 Å². The number of nitrogens with one attached hydrogen (secondary N) is 2. The molecular formula is C21H31N3O6. The van der Waals surface area contributed by atoms with E-state index in [9.17, 15) is 14.4 Å². The average molecular weight is 421 g/mol. The second kappa shape index (κ2) is 11.3. The normalized spacial score (nSPS) is 15.9. The number of ether oxygens (including phenoxy) is 3. The van der Waals surface area contributed by atoms with Gasteiger partial charge in [0, 0.05) is 25.6 Å². The molecule has 3 amide bonds. The smallest absolute Gasteiger partial charge is 0.269 e. The van der Waals surface area contributed by atoms with Gasteiger partial charge in [0.25, 0.3) is 5.91 Å². The van der Waals surface area contributed by atoms with Crippen molar-refractivity contribution < 1.29 is 28.6 Å². The van der Waals surface area contributed by atoms with Gasteiger partial charge in [-0.05, 0) is 45.7 Å².